The molecule has 0 aliphatic rings. The maximum absolute atomic E-state index is 11.4. The molecule has 0 saturated carbocycles. The van der Waals surface area contributed by atoms with E-state index < -0.39 is 29.3 Å². The van der Waals surface area contributed by atoms with Crippen molar-refractivity contribution in [3.05, 3.63) is 0 Å². The number of nitrogens with one attached hydrogen (secondary N) is 3. The lowest BCUT2D eigenvalue weighted by Gasteiger charge is -2.19. The molecule has 2 amide bonds. The van der Waals surface area contributed by atoms with Crippen LogP contribution in [0, 0.1) is 5.41 Å². The summed E-state index contributed by atoms with van der Waals surface area (Å²) in [6.45, 7) is 10.1. The molecule has 0 radical (unpaired) electrons. The fraction of sp³-hybridized carbons (Fsp3) is 0.667. The van der Waals surface area contributed by atoms with Crippen LogP contribution in [0.5, 0.6) is 0 Å². The minimum Gasteiger partial charge on any atom is -0.444 e. The first-order valence-corrected chi connectivity index (χ1v) is 6.21. The van der Waals surface area contributed by atoms with Gasteiger partial charge in [-0.2, -0.15) is 4.99 Å². The smallest absolute Gasteiger partial charge is 0.414 e. The molecule has 0 spiro atoms. The van der Waals surface area contributed by atoms with E-state index in [-0.39, 0.29) is 5.96 Å². The van der Waals surface area contributed by atoms with Crippen molar-refractivity contribution in [3.8, 4) is 0 Å². The third kappa shape index (κ3) is 11.2. The molecule has 0 aromatic heterocycles. The first-order chi connectivity index (χ1) is 9.28. The van der Waals surface area contributed by atoms with Crippen molar-refractivity contribution in [3.63, 3.8) is 0 Å². The number of alkyl carbamates (subject to hydrolysis) is 2. The Kier molecular flexibility index (Phi) is 6.15. The molecule has 0 fully saturated rings. The molecule has 0 unspecified atom stereocenters. The Hall–Kier alpha value is -2.32. The number of ether oxygens (including phenoxy) is 2. The average Bonchev–Trinajstić information content (AvgIpc) is 2.07. The highest BCUT2D eigenvalue weighted by molar-refractivity contribution is 6.02. The zero-order valence-electron chi connectivity index (χ0n) is 13.2. The van der Waals surface area contributed by atoms with Gasteiger partial charge in [0, 0.05) is 0 Å². The van der Waals surface area contributed by atoms with Crippen molar-refractivity contribution >= 4 is 24.1 Å². The summed E-state index contributed by atoms with van der Waals surface area (Å²) in [6, 6.07) is 0. The summed E-state index contributed by atoms with van der Waals surface area (Å²) in [5, 5.41) is 11.6. The van der Waals surface area contributed by atoms with Gasteiger partial charge < -0.3 is 15.2 Å². The van der Waals surface area contributed by atoms with Crippen LogP contribution in [0.4, 0.5) is 9.59 Å². The van der Waals surface area contributed by atoms with E-state index in [1.54, 1.807) is 41.5 Å². The molecule has 0 aromatic rings. The minimum absolute atomic E-state index is 0.384. The highest BCUT2D eigenvalue weighted by Crippen LogP contribution is 2.07. The van der Waals surface area contributed by atoms with Gasteiger partial charge in [0.2, 0.25) is 11.9 Å². The van der Waals surface area contributed by atoms with E-state index in [9.17, 15) is 9.59 Å². The minimum atomic E-state index is -0.846. The molecule has 9 heteroatoms. The Labute approximate surface area is 123 Å². The van der Waals surface area contributed by atoms with Gasteiger partial charge in [0.15, 0.2) is 0 Å². The Bertz CT molecular complexity index is 446. The summed E-state index contributed by atoms with van der Waals surface area (Å²) < 4.78 is 9.87. The molecule has 21 heavy (non-hydrogen) atoms. The fourth-order valence-corrected chi connectivity index (χ4v) is 0.985. The quantitative estimate of drug-likeness (QED) is 0.394. The van der Waals surface area contributed by atoms with Gasteiger partial charge in [-0.15, -0.1) is 0 Å². The number of hydrogen-bond donors (Lipinski definition) is 4. The van der Waals surface area contributed by atoms with Gasteiger partial charge >= 0.3 is 12.2 Å². The van der Waals surface area contributed by atoms with Crippen molar-refractivity contribution < 1.29 is 19.1 Å². The molecule has 0 atom stereocenters. The van der Waals surface area contributed by atoms with Gasteiger partial charge in [-0.3, -0.25) is 16.0 Å². The second kappa shape index (κ2) is 6.91. The van der Waals surface area contributed by atoms with Crippen LogP contribution in [0.25, 0.3) is 0 Å². The van der Waals surface area contributed by atoms with E-state index in [0.717, 1.165) is 0 Å². The van der Waals surface area contributed by atoms with Gasteiger partial charge in [-0.05, 0) is 41.5 Å². The number of amides is 2. The molecule has 0 rings (SSSR count). The van der Waals surface area contributed by atoms with Crippen LogP contribution in [-0.4, -0.2) is 35.3 Å². The van der Waals surface area contributed by atoms with Crippen LogP contribution in [0.15, 0.2) is 4.99 Å². The summed E-state index contributed by atoms with van der Waals surface area (Å²) in [5.41, 5.74) is 4.01. The van der Waals surface area contributed by atoms with E-state index in [4.69, 9.17) is 20.6 Å². The lowest BCUT2D eigenvalue weighted by Crippen LogP contribution is -2.42. The first-order valence-electron chi connectivity index (χ1n) is 6.21. The van der Waals surface area contributed by atoms with Crippen molar-refractivity contribution in [1.82, 2.24) is 10.6 Å². The van der Waals surface area contributed by atoms with Gasteiger partial charge in [0.05, 0.1) is 0 Å². The van der Waals surface area contributed by atoms with Gasteiger partial charge in [-0.25, -0.2) is 9.59 Å². The molecule has 0 saturated heterocycles. The van der Waals surface area contributed by atoms with Crippen molar-refractivity contribution in [2.45, 2.75) is 52.7 Å². The van der Waals surface area contributed by atoms with E-state index in [0.29, 0.717) is 0 Å². The molecule has 0 bridgehead atoms. The summed E-state index contributed by atoms with van der Waals surface area (Å²) >= 11 is 0. The second-order valence-electron chi connectivity index (χ2n) is 6.10. The number of nitrogens with zero attached hydrogens (tertiary/aromatic N) is 1. The van der Waals surface area contributed by atoms with Gasteiger partial charge in [-0.1, -0.05) is 0 Å². The maximum atomic E-state index is 11.4. The molecule has 0 aliphatic carbocycles. The fourth-order valence-electron chi connectivity index (χ4n) is 0.985. The summed E-state index contributed by atoms with van der Waals surface area (Å²) in [6.07, 6.45) is -1.66. The zero-order chi connectivity index (χ0) is 16.8. The van der Waals surface area contributed by atoms with Crippen LogP contribution in [0.1, 0.15) is 41.5 Å². The number of nitrogens with two attached hydrogens (primary N) is 1. The summed E-state index contributed by atoms with van der Waals surface area (Å²) in [7, 11) is 0. The molecular formula is C12H23N5O4. The van der Waals surface area contributed by atoms with Crippen LogP contribution in [0.3, 0.4) is 0 Å². The normalized spacial score (nSPS) is 12.4. The Morgan fingerprint density at radius 2 is 1.33 bits per heavy atom. The molecule has 0 aromatic carbocycles. The Balaban J connectivity index is 4.41. The average molecular weight is 301 g/mol. The topological polar surface area (TPSA) is 139 Å². The summed E-state index contributed by atoms with van der Waals surface area (Å²) in [4.78, 5) is 26.2. The SMILES string of the molecule is CC(C)(C)OC(=O)NC(=N)/N=C(\N)NC(=O)OC(C)(C)C. The third-order valence-electron chi connectivity index (χ3n) is 1.48. The van der Waals surface area contributed by atoms with Crippen molar-refractivity contribution in [2.75, 3.05) is 0 Å². The van der Waals surface area contributed by atoms with Crippen LogP contribution in [0.2, 0.25) is 0 Å². The number of carbonyl (C=O) groups excluding carboxylic acids is 2. The predicted octanol–water partition coefficient (Wildman–Crippen LogP) is 1.29. The van der Waals surface area contributed by atoms with Crippen molar-refractivity contribution in [1.29, 1.82) is 5.41 Å². The molecule has 120 valence electrons. The second-order valence-corrected chi connectivity index (χ2v) is 6.10. The number of guanidine groups is 2. The largest absolute Gasteiger partial charge is 0.444 e. The maximum Gasteiger partial charge on any atom is 0.414 e. The molecule has 5 N–H and O–H groups in total. The highest BCUT2D eigenvalue weighted by Gasteiger charge is 2.18. The van der Waals surface area contributed by atoms with Gasteiger partial charge in [0.1, 0.15) is 11.2 Å². The first kappa shape index (κ1) is 18.7. The molecule has 0 heterocycles. The van der Waals surface area contributed by atoms with Gasteiger partial charge in [0.25, 0.3) is 0 Å². The zero-order valence-corrected chi connectivity index (χ0v) is 13.2. The Morgan fingerprint density at radius 3 is 1.71 bits per heavy atom. The van der Waals surface area contributed by atoms with E-state index >= 15 is 0 Å². The summed E-state index contributed by atoms with van der Waals surface area (Å²) in [5.74, 6) is -0.955. The lowest BCUT2D eigenvalue weighted by molar-refractivity contribution is 0.0552. The number of hydrogen-bond acceptors (Lipinski definition) is 5. The molecule has 9 nitrogen and oxygen atoms in total. The molecule has 0 aliphatic heterocycles. The third-order valence-corrected chi connectivity index (χ3v) is 1.48. The lowest BCUT2D eigenvalue weighted by atomic mass is 10.2. The van der Waals surface area contributed by atoms with Crippen LogP contribution >= 0.6 is 0 Å². The molecular weight excluding hydrogens is 278 g/mol. The van der Waals surface area contributed by atoms with E-state index in [1.165, 1.54) is 0 Å². The number of carbonyl (C=O) groups is 2. The monoisotopic (exact) mass is 301 g/mol. The standard InChI is InChI=1S/C12H23N5O4/c1-11(2,3)20-9(18)16-7(13)15-8(14)17-10(19)21-12(4,5)6/h1-6H3,(H5,13,14,15,16,17,18,19). The highest BCUT2D eigenvalue weighted by atomic mass is 16.6. The Morgan fingerprint density at radius 1 is 0.952 bits per heavy atom. The number of aliphatic imine (C=N–C) groups is 1. The predicted molar refractivity (Wildman–Crippen MR) is 78.1 cm³/mol. The van der Waals surface area contributed by atoms with Crippen LogP contribution < -0.4 is 16.4 Å². The van der Waals surface area contributed by atoms with Crippen molar-refractivity contribution in [2.24, 2.45) is 10.7 Å². The van der Waals surface area contributed by atoms with E-state index in [1.807, 2.05) is 0 Å². The van der Waals surface area contributed by atoms with E-state index in [2.05, 4.69) is 15.6 Å². The number of rotatable bonds is 0. The van der Waals surface area contributed by atoms with Crippen LogP contribution in [-0.2, 0) is 9.47 Å².